The van der Waals surface area contributed by atoms with Crippen LogP contribution in [-0.2, 0) is 25.9 Å². The van der Waals surface area contributed by atoms with Gasteiger partial charge >= 0.3 is 6.09 Å². The Hall–Kier alpha value is -0.340. The summed E-state index contributed by atoms with van der Waals surface area (Å²) >= 11 is 6.45. The van der Waals surface area contributed by atoms with E-state index in [0.29, 0.717) is 32.7 Å². The van der Waals surface area contributed by atoms with Crippen LogP contribution in [0.3, 0.4) is 0 Å². The summed E-state index contributed by atoms with van der Waals surface area (Å²) < 4.78 is 10.3. The number of unbranched alkanes of at least 4 members (excludes halogenated alkanes) is 5. The van der Waals surface area contributed by atoms with E-state index >= 15 is 0 Å². The summed E-state index contributed by atoms with van der Waals surface area (Å²) in [4.78, 5) is 32.2. The summed E-state index contributed by atoms with van der Waals surface area (Å²) in [5.41, 5.74) is 0. The molecule has 0 rings (SSSR count). The highest BCUT2D eigenvalue weighted by Crippen LogP contribution is 2.37. The average Bonchev–Trinajstić information content (AvgIpc) is 2.60. The minimum Gasteiger partial charge on any atom is -0.450 e. The van der Waals surface area contributed by atoms with E-state index in [4.69, 9.17) is 21.1 Å². The topological polar surface area (TPSA) is 96.9 Å². The average molecular weight is 443 g/mol. The van der Waals surface area contributed by atoms with Crippen molar-refractivity contribution in [3.05, 3.63) is 0 Å². The number of ether oxygens (including phenoxy) is 1. The van der Waals surface area contributed by atoms with Crippen molar-refractivity contribution in [3.63, 3.8) is 0 Å². The lowest BCUT2D eigenvalue weighted by Crippen LogP contribution is -2.26. The van der Waals surface area contributed by atoms with Crippen LogP contribution in [0.2, 0.25) is 0 Å². The molecule has 0 aliphatic rings. The number of hydrogen-bond acceptors (Lipinski definition) is 6. The number of alkyl carbamates (subject to hydrolysis) is 1. The fourth-order valence-electron chi connectivity index (χ4n) is 2.14. The third kappa shape index (κ3) is 21.8. The highest BCUT2D eigenvalue weighted by molar-refractivity contribution is 8.09. The van der Waals surface area contributed by atoms with E-state index in [1.165, 1.54) is 0 Å². The largest absolute Gasteiger partial charge is 0.450 e. The van der Waals surface area contributed by atoms with Gasteiger partial charge in [-0.15, -0.1) is 0 Å². The van der Waals surface area contributed by atoms with E-state index < -0.39 is 6.49 Å². The molecule has 0 aliphatic heterocycles. The second kappa shape index (κ2) is 17.7. The van der Waals surface area contributed by atoms with Crippen molar-refractivity contribution in [2.45, 2.75) is 51.4 Å². The Balaban J connectivity index is 3.31. The number of amides is 2. The van der Waals surface area contributed by atoms with Gasteiger partial charge in [-0.05, 0) is 50.2 Å². The van der Waals surface area contributed by atoms with Gasteiger partial charge in [-0.3, -0.25) is 4.79 Å². The van der Waals surface area contributed by atoms with Crippen LogP contribution in [0, 0.1) is 0 Å². The van der Waals surface area contributed by atoms with Gasteiger partial charge in [-0.1, -0.05) is 12.8 Å². The molecule has 0 spiro atoms. The first kappa shape index (κ1) is 26.7. The maximum atomic E-state index is 11.5. The summed E-state index contributed by atoms with van der Waals surface area (Å²) in [5, 5.41) is 5.61. The van der Waals surface area contributed by atoms with Crippen LogP contribution in [0.25, 0.3) is 0 Å². The Labute approximate surface area is 172 Å². The maximum absolute atomic E-state index is 11.5. The van der Waals surface area contributed by atoms with Crippen LogP contribution < -0.4 is 10.6 Å². The van der Waals surface area contributed by atoms with Gasteiger partial charge < -0.3 is 24.8 Å². The number of rotatable bonds is 17. The lowest BCUT2D eigenvalue weighted by Gasteiger charge is -2.10. The SMILES string of the molecule is CSCCC(=O)NCCCCCOC(=O)NCCCCCCOP(C)(O)=S. The van der Waals surface area contributed by atoms with Crippen LogP contribution >= 0.6 is 18.3 Å². The first-order valence-corrected chi connectivity index (χ1v) is 14.0. The first-order chi connectivity index (χ1) is 12.8. The molecule has 10 heteroatoms. The summed E-state index contributed by atoms with van der Waals surface area (Å²) in [5.74, 6) is 0.948. The molecule has 0 aromatic rings. The van der Waals surface area contributed by atoms with E-state index in [1.54, 1.807) is 18.4 Å². The fraction of sp³-hybridized carbons (Fsp3) is 0.882. The number of carbonyl (C=O) groups excluding carboxylic acids is 2. The van der Waals surface area contributed by atoms with Gasteiger partial charge in [0, 0.05) is 31.9 Å². The summed E-state index contributed by atoms with van der Waals surface area (Å²) in [6, 6.07) is 0. The van der Waals surface area contributed by atoms with Gasteiger partial charge in [0.15, 0.2) is 6.49 Å². The molecule has 0 aromatic carbocycles. The van der Waals surface area contributed by atoms with Crippen molar-refractivity contribution in [1.29, 1.82) is 0 Å². The van der Waals surface area contributed by atoms with E-state index in [1.807, 2.05) is 6.26 Å². The van der Waals surface area contributed by atoms with Crippen molar-refractivity contribution in [2.75, 3.05) is 45.0 Å². The molecule has 0 bridgehead atoms. The van der Waals surface area contributed by atoms with Crippen molar-refractivity contribution >= 4 is 42.1 Å². The van der Waals surface area contributed by atoms with E-state index in [0.717, 1.165) is 50.7 Å². The molecule has 1 unspecified atom stereocenters. The highest BCUT2D eigenvalue weighted by Gasteiger charge is 2.04. The first-order valence-electron chi connectivity index (χ1n) is 9.46. The quantitative estimate of drug-likeness (QED) is 0.235. The number of nitrogens with one attached hydrogen (secondary N) is 2. The predicted molar refractivity (Wildman–Crippen MR) is 116 cm³/mol. The predicted octanol–water partition coefficient (Wildman–Crippen LogP) is 3.26. The standard InChI is InChI=1S/C17H35N2O5PS2/c1-25(22,26)24-14-9-4-3-6-12-19-17(21)23-13-8-5-7-11-18-16(20)10-15-27-2/h3-15H2,1-2H3,(H,18,20)(H,19,21)(H,22,26). The van der Waals surface area contributed by atoms with Crippen molar-refractivity contribution in [3.8, 4) is 0 Å². The second-order valence-electron chi connectivity index (χ2n) is 6.27. The van der Waals surface area contributed by atoms with Gasteiger partial charge in [-0.2, -0.15) is 11.8 Å². The maximum Gasteiger partial charge on any atom is 0.407 e. The fourth-order valence-corrected chi connectivity index (χ4v) is 3.22. The van der Waals surface area contributed by atoms with Crippen LogP contribution in [0.15, 0.2) is 0 Å². The van der Waals surface area contributed by atoms with Crippen molar-refractivity contribution in [2.24, 2.45) is 0 Å². The summed E-state index contributed by atoms with van der Waals surface area (Å²) in [7, 11) is 0. The smallest absolute Gasteiger partial charge is 0.407 e. The van der Waals surface area contributed by atoms with E-state index in [-0.39, 0.29) is 12.0 Å². The number of hydrogen-bond donors (Lipinski definition) is 3. The Bertz CT molecular complexity index is 449. The third-order valence-electron chi connectivity index (χ3n) is 3.58. The van der Waals surface area contributed by atoms with Gasteiger partial charge in [0.05, 0.1) is 13.2 Å². The molecule has 0 radical (unpaired) electrons. The highest BCUT2D eigenvalue weighted by atomic mass is 32.5. The molecular formula is C17H35N2O5PS2. The van der Waals surface area contributed by atoms with Gasteiger partial charge in [0.25, 0.3) is 0 Å². The summed E-state index contributed by atoms with van der Waals surface area (Å²) in [6.45, 7) is 1.17. The molecule has 0 fully saturated rings. The summed E-state index contributed by atoms with van der Waals surface area (Å²) in [6.07, 6.45) is 8.46. The molecule has 7 nitrogen and oxygen atoms in total. The van der Waals surface area contributed by atoms with Crippen LogP contribution in [0.1, 0.15) is 51.4 Å². The van der Waals surface area contributed by atoms with Crippen LogP contribution in [0.5, 0.6) is 0 Å². The molecule has 0 aromatic heterocycles. The Morgan fingerprint density at radius 3 is 2.26 bits per heavy atom. The molecular weight excluding hydrogens is 407 g/mol. The monoisotopic (exact) mass is 442 g/mol. The molecule has 27 heavy (non-hydrogen) atoms. The second-order valence-corrected chi connectivity index (χ2v) is 11.1. The zero-order valence-electron chi connectivity index (χ0n) is 16.5. The molecule has 1 atom stereocenters. The van der Waals surface area contributed by atoms with E-state index in [2.05, 4.69) is 10.6 Å². The zero-order chi connectivity index (χ0) is 20.4. The normalized spacial score (nSPS) is 13.0. The van der Waals surface area contributed by atoms with Gasteiger partial charge in [0.2, 0.25) is 5.91 Å². The number of carbonyl (C=O) groups is 2. The lowest BCUT2D eigenvalue weighted by molar-refractivity contribution is -0.120. The molecule has 0 aliphatic carbocycles. The molecule has 160 valence electrons. The molecule has 0 heterocycles. The third-order valence-corrected chi connectivity index (χ3v) is 5.17. The Morgan fingerprint density at radius 2 is 1.59 bits per heavy atom. The molecule has 3 N–H and O–H groups in total. The van der Waals surface area contributed by atoms with Gasteiger partial charge in [0.1, 0.15) is 0 Å². The van der Waals surface area contributed by atoms with Crippen molar-refractivity contribution < 1.29 is 23.7 Å². The van der Waals surface area contributed by atoms with Gasteiger partial charge in [-0.25, -0.2) is 4.79 Å². The van der Waals surface area contributed by atoms with Crippen molar-refractivity contribution in [1.82, 2.24) is 10.6 Å². The minimum absolute atomic E-state index is 0.0984. The number of thioether (sulfide) groups is 1. The lowest BCUT2D eigenvalue weighted by atomic mass is 10.2. The molecule has 0 saturated heterocycles. The van der Waals surface area contributed by atoms with Crippen LogP contribution in [0.4, 0.5) is 4.79 Å². The molecule has 0 saturated carbocycles. The molecule has 2 amide bonds. The zero-order valence-corrected chi connectivity index (χ0v) is 19.1. The Kier molecular flexibility index (Phi) is 17.5. The van der Waals surface area contributed by atoms with E-state index in [9.17, 15) is 14.5 Å². The Morgan fingerprint density at radius 1 is 1.00 bits per heavy atom. The van der Waals surface area contributed by atoms with Crippen LogP contribution in [-0.4, -0.2) is 61.9 Å². The minimum atomic E-state index is -2.53.